The molecule has 0 aliphatic carbocycles. The molecule has 1 aromatic heterocycles. The third kappa shape index (κ3) is 5.86. The summed E-state index contributed by atoms with van der Waals surface area (Å²) in [6, 6.07) is 17.0. The molecular formula is C29H31N5O3. The molecule has 1 N–H and O–H groups in total. The molecular weight excluding hydrogens is 466 g/mol. The Morgan fingerprint density at radius 1 is 1.14 bits per heavy atom. The van der Waals surface area contributed by atoms with Crippen molar-refractivity contribution in [1.82, 2.24) is 14.9 Å². The quantitative estimate of drug-likeness (QED) is 0.470. The first kappa shape index (κ1) is 24.6. The van der Waals surface area contributed by atoms with Crippen LogP contribution in [0.2, 0.25) is 0 Å². The summed E-state index contributed by atoms with van der Waals surface area (Å²) in [5.41, 5.74) is 3.18. The predicted octanol–water partition coefficient (Wildman–Crippen LogP) is 4.89. The molecule has 8 nitrogen and oxygen atoms in total. The van der Waals surface area contributed by atoms with E-state index in [2.05, 4.69) is 16.9 Å². The van der Waals surface area contributed by atoms with E-state index in [0.717, 1.165) is 49.4 Å². The van der Waals surface area contributed by atoms with Crippen LogP contribution >= 0.6 is 0 Å². The number of urea groups is 1. The maximum atomic E-state index is 14.1. The highest BCUT2D eigenvalue weighted by molar-refractivity contribution is 6.02. The number of aromatic nitrogens is 2. The summed E-state index contributed by atoms with van der Waals surface area (Å²) in [6.07, 6.45) is 6.46. The lowest BCUT2D eigenvalue weighted by molar-refractivity contribution is -0.111. The summed E-state index contributed by atoms with van der Waals surface area (Å²) in [5, 5.41) is 2.79. The molecule has 2 aliphatic heterocycles. The van der Waals surface area contributed by atoms with Crippen LogP contribution in [-0.4, -0.2) is 46.6 Å². The molecule has 2 aromatic carbocycles. The molecule has 37 heavy (non-hydrogen) atoms. The fraction of sp³-hybridized carbons (Fsp3) is 0.310. The van der Waals surface area contributed by atoms with Crippen LogP contribution in [0, 0.1) is 5.92 Å². The number of rotatable bonds is 7. The van der Waals surface area contributed by atoms with Crippen molar-refractivity contribution in [1.29, 1.82) is 0 Å². The van der Waals surface area contributed by atoms with Crippen molar-refractivity contribution in [3.05, 3.63) is 90.4 Å². The van der Waals surface area contributed by atoms with Crippen molar-refractivity contribution in [3.8, 4) is 0 Å². The Kier molecular flexibility index (Phi) is 7.56. The summed E-state index contributed by atoms with van der Waals surface area (Å²) in [5.74, 6) is 1.49. The molecule has 1 saturated heterocycles. The zero-order valence-electron chi connectivity index (χ0n) is 20.8. The highest BCUT2D eigenvalue weighted by Gasteiger charge is 2.31. The topological polar surface area (TPSA) is 87.7 Å². The van der Waals surface area contributed by atoms with Crippen LogP contribution in [0.1, 0.15) is 29.8 Å². The van der Waals surface area contributed by atoms with Gasteiger partial charge in [-0.25, -0.2) is 19.7 Å². The fourth-order valence-electron chi connectivity index (χ4n) is 4.79. The molecule has 8 heteroatoms. The molecule has 0 atom stereocenters. The number of hydrogen-bond acceptors (Lipinski definition) is 5. The molecule has 1 fully saturated rings. The first-order valence-electron chi connectivity index (χ1n) is 12.7. The summed E-state index contributed by atoms with van der Waals surface area (Å²) in [7, 11) is 0. The number of amides is 3. The number of anilines is 3. The zero-order valence-corrected chi connectivity index (χ0v) is 20.8. The minimum Gasteiger partial charge on any atom is -0.381 e. The van der Waals surface area contributed by atoms with Gasteiger partial charge in [-0.15, -0.1) is 0 Å². The molecule has 0 saturated carbocycles. The van der Waals surface area contributed by atoms with Crippen molar-refractivity contribution >= 4 is 29.1 Å². The summed E-state index contributed by atoms with van der Waals surface area (Å²) < 4.78 is 5.51. The van der Waals surface area contributed by atoms with Gasteiger partial charge in [0, 0.05) is 50.2 Å². The maximum absolute atomic E-state index is 14.1. The zero-order chi connectivity index (χ0) is 25.6. The van der Waals surface area contributed by atoms with E-state index in [9.17, 15) is 9.59 Å². The number of carbonyl (C=O) groups is 2. The number of ether oxygens (including phenoxy) is 1. The molecule has 2 aliphatic rings. The van der Waals surface area contributed by atoms with E-state index in [1.54, 1.807) is 17.0 Å². The monoisotopic (exact) mass is 497 g/mol. The van der Waals surface area contributed by atoms with Crippen LogP contribution in [0.15, 0.2) is 73.4 Å². The Hall–Kier alpha value is -4.04. The Morgan fingerprint density at radius 3 is 2.73 bits per heavy atom. The maximum Gasteiger partial charge on any atom is 0.330 e. The molecule has 0 radical (unpaired) electrons. The number of carbonyl (C=O) groups excluding carboxylic acids is 2. The highest BCUT2D eigenvalue weighted by atomic mass is 16.5. The minimum absolute atomic E-state index is 0.162. The van der Waals surface area contributed by atoms with Gasteiger partial charge in [-0.05, 0) is 55.0 Å². The number of nitrogens with one attached hydrogen (secondary N) is 1. The van der Waals surface area contributed by atoms with E-state index < -0.39 is 0 Å². The van der Waals surface area contributed by atoms with E-state index in [1.165, 1.54) is 6.08 Å². The Bertz CT molecular complexity index is 1270. The molecule has 3 amide bonds. The fourth-order valence-corrected chi connectivity index (χ4v) is 4.79. The summed E-state index contributed by atoms with van der Waals surface area (Å²) in [6.45, 7) is 6.08. The Balaban J connectivity index is 1.52. The first-order valence-corrected chi connectivity index (χ1v) is 12.7. The third-order valence-electron chi connectivity index (χ3n) is 6.80. The second-order valence-electron chi connectivity index (χ2n) is 9.41. The van der Waals surface area contributed by atoms with Crippen molar-refractivity contribution in [2.75, 3.05) is 30.0 Å². The van der Waals surface area contributed by atoms with Crippen LogP contribution < -0.4 is 10.2 Å². The Morgan fingerprint density at radius 2 is 1.95 bits per heavy atom. The van der Waals surface area contributed by atoms with Gasteiger partial charge in [-0.3, -0.25) is 4.79 Å². The molecule has 5 rings (SSSR count). The van der Waals surface area contributed by atoms with Crippen LogP contribution in [0.4, 0.5) is 22.0 Å². The predicted molar refractivity (Wildman–Crippen MR) is 143 cm³/mol. The molecule has 0 unspecified atom stereocenters. The van der Waals surface area contributed by atoms with Gasteiger partial charge >= 0.3 is 6.03 Å². The largest absolute Gasteiger partial charge is 0.381 e. The van der Waals surface area contributed by atoms with Gasteiger partial charge in [-0.2, -0.15) is 0 Å². The second-order valence-corrected chi connectivity index (χ2v) is 9.41. The van der Waals surface area contributed by atoms with Crippen LogP contribution in [0.5, 0.6) is 0 Å². The lowest BCUT2D eigenvalue weighted by Crippen LogP contribution is -2.40. The molecule has 0 spiro atoms. The van der Waals surface area contributed by atoms with Crippen molar-refractivity contribution in [3.63, 3.8) is 0 Å². The normalized spacial score (nSPS) is 16.2. The number of nitrogens with zero attached hydrogens (tertiary/aromatic N) is 4. The van der Waals surface area contributed by atoms with Gasteiger partial charge in [-0.1, -0.05) is 43.0 Å². The first-order chi connectivity index (χ1) is 18.1. The average molecular weight is 498 g/mol. The van der Waals surface area contributed by atoms with Gasteiger partial charge in [0.05, 0.1) is 5.69 Å². The number of hydrogen-bond donors (Lipinski definition) is 1. The lowest BCUT2D eigenvalue weighted by Gasteiger charge is -2.28. The van der Waals surface area contributed by atoms with Crippen molar-refractivity contribution < 1.29 is 14.3 Å². The summed E-state index contributed by atoms with van der Waals surface area (Å²) >= 11 is 0. The van der Waals surface area contributed by atoms with Crippen LogP contribution in [-0.2, 0) is 28.9 Å². The minimum atomic E-state index is -0.313. The molecule has 3 heterocycles. The molecule has 0 bridgehead atoms. The number of fused-ring (bicyclic) bond motifs is 1. The SMILES string of the molecule is C=CC(=O)Nc1cccc(N2C(=O)N(Cc3ccccc3)CCc3cnc(CC4CCOCC4)nc32)c1. The van der Waals surface area contributed by atoms with E-state index >= 15 is 0 Å². The smallest absolute Gasteiger partial charge is 0.330 e. The summed E-state index contributed by atoms with van der Waals surface area (Å²) in [4.78, 5) is 39.1. The van der Waals surface area contributed by atoms with E-state index in [-0.39, 0.29) is 11.9 Å². The number of benzene rings is 2. The van der Waals surface area contributed by atoms with Gasteiger partial charge in [0.25, 0.3) is 0 Å². The highest BCUT2D eigenvalue weighted by Crippen LogP contribution is 2.33. The third-order valence-corrected chi connectivity index (χ3v) is 6.80. The van der Waals surface area contributed by atoms with Crippen molar-refractivity contribution in [2.45, 2.75) is 32.2 Å². The van der Waals surface area contributed by atoms with Gasteiger partial charge in [0.15, 0.2) is 0 Å². The van der Waals surface area contributed by atoms with Crippen LogP contribution in [0.25, 0.3) is 0 Å². The second kappa shape index (κ2) is 11.3. The van der Waals surface area contributed by atoms with Gasteiger partial charge < -0.3 is 15.0 Å². The lowest BCUT2D eigenvalue weighted by atomic mass is 9.96. The van der Waals surface area contributed by atoms with Gasteiger partial charge in [0.1, 0.15) is 11.6 Å². The average Bonchev–Trinajstić information content (AvgIpc) is 3.06. The van der Waals surface area contributed by atoms with E-state index in [4.69, 9.17) is 9.72 Å². The van der Waals surface area contributed by atoms with Gasteiger partial charge in [0.2, 0.25) is 5.91 Å². The van der Waals surface area contributed by atoms with Crippen LogP contribution in [0.3, 0.4) is 0 Å². The Labute approximate surface area is 217 Å². The molecule has 3 aromatic rings. The van der Waals surface area contributed by atoms with Crippen molar-refractivity contribution in [2.24, 2.45) is 5.92 Å². The standard InChI is InChI=1S/C29H31N5O3/c1-2-27(35)31-24-9-6-10-25(18-24)34-28-23(19-30-26(32-28)17-21-12-15-37-16-13-21)11-14-33(29(34)36)20-22-7-4-3-5-8-22/h2-10,18-19,21H,1,11-17,20H2,(H,31,35). The van der Waals surface area contributed by atoms with E-state index in [1.807, 2.05) is 53.6 Å². The molecule has 190 valence electrons. The van der Waals surface area contributed by atoms with E-state index in [0.29, 0.717) is 42.6 Å².